The van der Waals surface area contributed by atoms with Crippen molar-refractivity contribution in [1.29, 1.82) is 0 Å². The van der Waals surface area contributed by atoms with E-state index in [1.165, 1.54) is 10.6 Å². The molecule has 0 amide bonds. The average Bonchev–Trinajstić information content (AvgIpc) is 2.89. The Balaban J connectivity index is 1.47. The first-order valence-corrected chi connectivity index (χ1v) is 12.2. The van der Waals surface area contributed by atoms with Crippen LogP contribution in [0.3, 0.4) is 0 Å². The molecule has 5 aromatic rings. The van der Waals surface area contributed by atoms with Crippen LogP contribution in [0.15, 0.2) is 109 Å². The van der Waals surface area contributed by atoms with Crippen LogP contribution >= 0.6 is 7.92 Å². The molecule has 0 N–H and O–H groups in total. The molecule has 0 bridgehead atoms. The highest BCUT2D eigenvalue weighted by atomic mass is 31.1. The van der Waals surface area contributed by atoms with Gasteiger partial charge >= 0.3 is 0 Å². The van der Waals surface area contributed by atoms with Crippen LogP contribution in [0.2, 0.25) is 0 Å². The zero-order chi connectivity index (χ0) is 21.8. The van der Waals surface area contributed by atoms with Crippen molar-refractivity contribution in [3.05, 3.63) is 109 Å². The molecule has 2 aliphatic heterocycles. The van der Waals surface area contributed by atoms with E-state index in [1.54, 1.807) is 6.20 Å². The van der Waals surface area contributed by atoms with Crippen LogP contribution in [0.25, 0.3) is 22.3 Å². The minimum absolute atomic E-state index is 0.744. The third-order valence-electron chi connectivity index (χ3n) is 6.13. The number of hydrogen-bond donors (Lipinski definition) is 0. The standard InChI is InChI=1S/C29H18NO2P/c1-2-10-22(21(9-1)19-8-7-15-30-18-19)20-16-25-29-26(17-20)32-24-12-4-6-14-28(24)33(29)27-13-5-3-11-23(27)31-25/h1-18H. The highest BCUT2D eigenvalue weighted by molar-refractivity contribution is 7.80. The summed E-state index contributed by atoms with van der Waals surface area (Å²) in [7, 11) is -0.744. The lowest BCUT2D eigenvalue weighted by molar-refractivity contribution is 0.467. The third-order valence-corrected chi connectivity index (χ3v) is 8.72. The molecule has 0 saturated heterocycles. The van der Waals surface area contributed by atoms with Crippen LogP contribution < -0.4 is 25.4 Å². The van der Waals surface area contributed by atoms with Crippen molar-refractivity contribution in [2.24, 2.45) is 0 Å². The molecule has 3 heterocycles. The second-order valence-electron chi connectivity index (χ2n) is 8.08. The lowest BCUT2D eigenvalue weighted by Gasteiger charge is -2.35. The molecule has 0 unspecified atom stereocenters. The van der Waals surface area contributed by atoms with Gasteiger partial charge in [-0.25, -0.2) is 0 Å². The van der Waals surface area contributed by atoms with E-state index in [-0.39, 0.29) is 0 Å². The van der Waals surface area contributed by atoms with Gasteiger partial charge in [0.2, 0.25) is 0 Å². The number of nitrogens with zero attached hydrogens (tertiary/aromatic N) is 1. The minimum Gasteiger partial charge on any atom is -0.456 e. The van der Waals surface area contributed by atoms with Gasteiger partial charge in [0.1, 0.15) is 23.0 Å². The van der Waals surface area contributed by atoms with Crippen LogP contribution in [-0.4, -0.2) is 4.98 Å². The maximum absolute atomic E-state index is 6.47. The third kappa shape index (κ3) is 2.90. The summed E-state index contributed by atoms with van der Waals surface area (Å²) in [5, 5.41) is 3.63. The predicted molar refractivity (Wildman–Crippen MR) is 134 cm³/mol. The van der Waals surface area contributed by atoms with Crippen molar-refractivity contribution >= 4 is 23.8 Å². The molecule has 0 fully saturated rings. The Morgan fingerprint density at radius 3 is 1.73 bits per heavy atom. The first-order chi connectivity index (χ1) is 16.4. The number of pyridine rings is 1. The van der Waals surface area contributed by atoms with Crippen LogP contribution in [-0.2, 0) is 0 Å². The van der Waals surface area contributed by atoms with E-state index in [1.807, 2.05) is 24.4 Å². The Kier molecular flexibility index (Phi) is 4.12. The molecule has 156 valence electrons. The molecule has 4 heteroatoms. The quantitative estimate of drug-likeness (QED) is 0.290. The van der Waals surface area contributed by atoms with Crippen molar-refractivity contribution in [3.63, 3.8) is 0 Å². The van der Waals surface area contributed by atoms with Gasteiger partial charge in [0.15, 0.2) is 0 Å². The molecular weight excluding hydrogens is 425 g/mol. The van der Waals surface area contributed by atoms with Gasteiger partial charge in [0.05, 0.1) is 5.30 Å². The Morgan fingerprint density at radius 2 is 1.12 bits per heavy atom. The number of ether oxygens (including phenoxy) is 2. The topological polar surface area (TPSA) is 31.4 Å². The molecule has 4 aromatic carbocycles. The summed E-state index contributed by atoms with van der Waals surface area (Å²) in [5.41, 5.74) is 4.40. The predicted octanol–water partition coefficient (Wildman–Crippen LogP) is 6.39. The zero-order valence-electron chi connectivity index (χ0n) is 17.6. The number of aromatic nitrogens is 1. The van der Waals surface area contributed by atoms with E-state index in [4.69, 9.17) is 9.47 Å². The summed E-state index contributed by atoms with van der Waals surface area (Å²) >= 11 is 0. The fraction of sp³-hybridized carbons (Fsp3) is 0. The van der Waals surface area contributed by atoms with E-state index in [2.05, 4.69) is 83.8 Å². The summed E-state index contributed by atoms with van der Waals surface area (Å²) in [4.78, 5) is 4.32. The van der Waals surface area contributed by atoms with Gasteiger partial charge in [-0.1, -0.05) is 66.7 Å². The molecular formula is C29H18NO2P. The van der Waals surface area contributed by atoms with Crippen molar-refractivity contribution in [3.8, 4) is 45.3 Å². The monoisotopic (exact) mass is 443 g/mol. The molecule has 0 radical (unpaired) electrons. The van der Waals surface area contributed by atoms with Crippen LogP contribution in [0.1, 0.15) is 0 Å². The normalized spacial score (nSPS) is 13.2. The van der Waals surface area contributed by atoms with Crippen LogP contribution in [0, 0.1) is 0 Å². The minimum atomic E-state index is -0.744. The zero-order valence-corrected chi connectivity index (χ0v) is 18.5. The Morgan fingerprint density at radius 1 is 0.545 bits per heavy atom. The van der Waals surface area contributed by atoms with E-state index >= 15 is 0 Å². The molecule has 2 aliphatic rings. The van der Waals surface area contributed by atoms with Crippen molar-refractivity contribution in [2.75, 3.05) is 0 Å². The fourth-order valence-electron chi connectivity index (χ4n) is 4.69. The van der Waals surface area contributed by atoms with Crippen molar-refractivity contribution < 1.29 is 9.47 Å². The van der Waals surface area contributed by atoms with E-state index < -0.39 is 7.92 Å². The van der Waals surface area contributed by atoms with Crippen LogP contribution in [0.5, 0.6) is 23.0 Å². The van der Waals surface area contributed by atoms with E-state index in [0.717, 1.165) is 50.6 Å². The Labute approximate surface area is 193 Å². The van der Waals surface area contributed by atoms with Gasteiger partial charge in [-0.2, -0.15) is 0 Å². The van der Waals surface area contributed by atoms with Gasteiger partial charge in [-0.15, -0.1) is 0 Å². The molecule has 0 saturated carbocycles. The lowest BCUT2D eigenvalue weighted by atomic mass is 9.95. The number of rotatable bonds is 2. The largest absolute Gasteiger partial charge is 0.456 e. The smallest absolute Gasteiger partial charge is 0.140 e. The summed E-state index contributed by atoms with van der Waals surface area (Å²) in [5.74, 6) is 3.61. The maximum Gasteiger partial charge on any atom is 0.140 e. The van der Waals surface area contributed by atoms with Crippen molar-refractivity contribution in [2.45, 2.75) is 0 Å². The highest BCUT2D eigenvalue weighted by Crippen LogP contribution is 2.53. The SMILES string of the molecule is c1cncc(-c2ccccc2-c2cc3c4c(c2)Oc2ccccc2P4c2ccccc2O3)c1. The fourth-order valence-corrected chi connectivity index (χ4v) is 7.24. The van der Waals surface area contributed by atoms with Gasteiger partial charge in [-0.3, -0.25) is 4.98 Å². The summed E-state index contributed by atoms with van der Waals surface area (Å²) < 4.78 is 12.9. The van der Waals surface area contributed by atoms with E-state index in [9.17, 15) is 0 Å². The van der Waals surface area contributed by atoms with Gasteiger partial charge in [0, 0.05) is 36.5 Å². The van der Waals surface area contributed by atoms with Crippen LogP contribution in [0.4, 0.5) is 0 Å². The Bertz CT molecular complexity index is 1460. The van der Waals surface area contributed by atoms with E-state index in [0.29, 0.717) is 0 Å². The second kappa shape index (κ2) is 7.30. The molecule has 0 spiro atoms. The summed E-state index contributed by atoms with van der Waals surface area (Å²) in [6, 6.07) is 33.5. The van der Waals surface area contributed by atoms with Crippen molar-refractivity contribution in [1.82, 2.24) is 4.98 Å². The lowest BCUT2D eigenvalue weighted by Crippen LogP contribution is -2.31. The number of benzene rings is 4. The molecule has 3 nitrogen and oxygen atoms in total. The average molecular weight is 443 g/mol. The second-order valence-corrected chi connectivity index (χ2v) is 10.2. The van der Waals surface area contributed by atoms with Gasteiger partial charge in [0.25, 0.3) is 0 Å². The highest BCUT2D eigenvalue weighted by Gasteiger charge is 2.37. The first kappa shape index (κ1) is 18.6. The van der Waals surface area contributed by atoms with Gasteiger partial charge in [-0.05, 0) is 47.0 Å². The summed E-state index contributed by atoms with van der Waals surface area (Å²) in [6.07, 6.45) is 3.70. The number of para-hydroxylation sites is 2. The molecule has 33 heavy (non-hydrogen) atoms. The molecule has 1 aromatic heterocycles. The molecule has 0 aliphatic carbocycles. The van der Waals surface area contributed by atoms with Gasteiger partial charge < -0.3 is 9.47 Å². The first-order valence-electron chi connectivity index (χ1n) is 10.9. The molecule has 7 rings (SSSR count). The number of fused-ring (bicyclic) bond motifs is 4. The molecule has 0 atom stereocenters. The summed E-state index contributed by atoms with van der Waals surface area (Å²) in [6.45, 7) is 0. The maximum atomic E-state index is 6.47. The number of hydrogen-bond acceptors (Lipinski definition) is 3. The Hall–Kier alpha value is -3.94.